The summed E-state index contributed by atoms with van der Waals surface area (Å²) >= 11 is 6.02. The summed E-state index contributed by atoms with van der Waals surface area (Å²) in [6, 6.07) is 9.42. The van der Waals surface area contributed by atoms with Crippen molar-refractivity contribution in [3.8, 4) is 0 Å². The number of hydrogen-bond donors (Lipinski definition) is 4. The number of aliphatic hydroxyl groups is 2. The number of hydrogen-bond acceptors (Lipinski definition) is 6. The lowest BCUT2D eigenvalue weighted by atomic mass is 10.1. The van der Waals surface area contributed by atoms with Gasteiger partial charge >= 0.3 is 6.18 Å². The van der Waals surface area contributed by atoms with Crippen molar-refractivity contribution in [1.29, 1.82) is 0 Å². The molecule has 0 fully saturated rings. The molecule has 0 radical (unpaired) electrons. The van der Waals surface area contributed by atoms with Crippen molar-refractivity contribution >= 4 is 32.8 Å². The Morgan fingerprint density at radius 3 is 2.14 bits per heavy atom. The molecular formula is C18H20ClF3N2O4S. The van der Waals surface area contributed by atoms with Crippen LogP contribution in [0, 0.1) is 0 Å². The molecule has 0 aliphatic heterocycles. The van der Waals surface area contributed by atoms with E-state index in [0.29, 0.717) is 19.2 Å². The normalized spacial score (nSPS) is 14.3. The number of alkyl halides is 3. The van der Waals surface area contributed by atoms with Gasteiger partial charge in [0.15, 0.2) is 5.60 Å². The van der Waals surface area contributed by atoms with Gasteiger partial charge in [-0.15, -0.1) is 0 Å². The average Bonchev–Trinajstić information content (AvgIpc) is 2.64. The molecule has 2 rings (SSSR count). The highest BCUT2D eigenvalue weighted by Gasteiger charge is 2.49. The van der Waals surface area contributed by atoms with E-state index in [0.717, 1.165) is 6.07 Å². The van der Waals surface area contributed by atoms with Crippen LogP contribution in [-0.2, 0) is 9.84 Å². The number of anilines is 2. The molecule has 4 N–H and O–H groups in total. The van der Waals surface area contributed by atoms with E-state index in [4.69, 9.17) is 16.7 Å². The van der Waals surface area contributed by atoms with E-state index < -0.39 is 28.2 Å². The fraction of sp³-hybridized carbons (Fsp3) is 0.333. The van der Waals surface area contributed by atoms with Crippen LogP contribution in [0.5, 0.6) is 0 Å². The Morgan fingerprint density at radius 2 is 1.62 bits per heavy atom. The van der Waals surface area contributed by atoms with E-state index in [2.05, 4.69) is 10.6 Å². The smallest absolute Gasteiger partial charge is 0.395 e. The predicted octanol–water partition coefficient (Wildman–Crippen LogP) is 3.30. The van der Waals surface area contributed by atoms with E-state index in [9.17, 15) is 26.7 Å². The summed E-state index contributed by atoms with van der Waals surface area (Å²) in [6.45, 7) is 0.00512. The first-order chi connectivity index (χ1) is 13.4. The monoisotopic (exact) mass is 452 g/mol. The van der Waals surface area contributed by atoms with Crippen LogP contribution >= 0.6 is 11.6 Å². The standard InChI is InChI=1S/C18H20ClF3N2O4S/c1-17(26,18(20,21)22)11-24-16-7-6-14(10-15(16)19)29(27,28)13-4-2-12(3-5-13)23-8-9-25/h2-7,10,23-26H,8-9,11H2,1H3/t17-/m1/s1. The molecule has 2 aromatic rings. The molecule has 0 saturated carbocycles. The van der Waals surface area contributed by atoms with Crippen LogP contribution in [0.3, 0.4) is 0 Å². The van der Waals surface area contributed by atoms with Crippen molar-refractivity contribution in [1.82, 2.24) is 0 Å². The quantitative estimate of drug-likeness (QED) is 0.490. The Hall–Kier alpha value is -2.01. The molecule has 0 heterocycles. The molecule has 0 aliphatic carbocycles. The zero-order valence-electron chi connectivity index (χ0n) is 15.3. The van der Waals surface area contributed by atoms with Crippen molar-refractivity contribution in [2.45, 2.75) is 28.5 Å². The Labute approximate surface area is 171 Å². The highest BCUT2D eigenvalue weighted by molar-refractivity contribution is 7.91. The summed E-state index contributed by atoms with van der Waals surface area (Å²) in [5.74, 6) is 0. The van der Waals surface area contributed by atoms with Crippen LogP contribution in [0.15, 0.2) is 52.3 Å². The number of sulfone groups is 1. The van der Waals surface area contributed by atoms with Crippen LogP contribution in [0.4, 0.5) is 24.5 Å². The summed E-state index contributed by atoms with van der Waals surface area (Å²) < 4.78 is 63.7. The molecule has 1 atom stereocenters. The molecule has 0 bridgehead atoms. The second kappa shape index (κ2) is 8.78. The molecule has 0 amide bonds. The zero-order valence-corrected chi connectivity index (χ0v) is 16.9. The summed E-state index contributed by atoms with van der Waals surface area (Å²) in [7, 11) is -3.90. The Kier molecular flexibility index (Phi) is 7.05. The maximum Gasteiger partial charge on any atom is 0.418 e. The van der Waals surface area contributed by atoms with Crippen molar-refractivity contribution < 1.29 is 31.8 Å². The second-order valence-corrected chi connectivity index (χ2v) is 8.80. The Balaban J connectivity index is 2.20. The van der Waals surface area contributed by atoms with Gasteiger partial charge in [-0.25, -0.2) is 8.42 Å². The lowest BCUT2D eigenvalue weighted by Gasteiger charge is -2.27. The minimum Gasteiger partial charge on any atom is -0.395 e. The molecule has 160 valence electrons. The first-order valence-corrected chi connectivity index (χ1v) is 10.3. The van der Waals surface area contributed by atoms with Crippen molar-refractivity contribution in [2.24, 2.45) is 0 Å². The van der Waals surface area contributed by atoms with E-state index in [-0.39, 0.29) is 27.1 Å². The number of nitrogens with one attached hydrogen (secondary N) is 2. The molecule has 0 saturated heterocycles. The van der Waals surface area contributed by atoms with Gasteiger partial charge in [-0.2, -0.15) is 13.2 Å². The van der Waals surface area contributed by atoms with Gasteiger partial charge in [0.1, 0.15) is 0 Å². The first-order valence-electron chi connectivity index (χ1n) is 8.41. The van der Waals surface area contributed by atoms with Gasteiger partial charge in [0.2, 0.25) is 9.84 Å². The molecule has 0 spiro atoms. The van der Waals surface area contributed by atoms with Crippen molar-refractivity contribution in [2.75, 3.05) is 30.3 Å². The van der Waals surface area contributed by atoms with Gasteiger partial charge in [-0.05, 0) is 49.4 Å². The number of halogens is 4. The lowest BCUT2D eigenvalue weighted by Crippen LogP contribution is -2.47. The lowest BCUT2D eigenvalue weighted by molar-refractivity contribution is -0.246. The summed E-state index contributed by atoms with van der Waals surface area (Å²) in [4.78, 5) is -0.129. The highest BCUT2D eigenvalue weighted by Crippen LogP contribution is 2.32. The molecule has 0 unspecified atom stereocenters. The van der Waals surface area contributed by atoms with Crippen LogP contribution in [-0.4, -0.2) is 50.1 Å². The molecule has 0 aliphatic rings. The topological polar surface area (TPSA) is 98.7 Å². The van der Waals surface area contributed by atoms with E-state index in [1.165, 1.54) is 24.3 Å². The number of aliphatic hydroxyl groups excluding tert-OH is 1. The maximum absolute atomic E-state index is 12.7. The SMILES string of the molecule is C[C@@](O)(CNc1ccc(S(=O)(=O)c2ccc(NCCO)cc2)cc1Cl)C(F)(F)F. The van der Waals surface area contributed by atoms with Crippen LogP contribution < -0.4 is 10.6 Å². The van der Waals surface area contributed by atoms with Gasteiger partial charge in [0.25, 0.3) is 0 Å². The van der Waals surface area contributed by atoms with Crippen LogP contribution in [0.1, 0.15) is 6.92 Å². The molecule has 11 heteroatoms. The molecular weight excluding hydrogens is 433 g/mol. The molecule has 2 aromatic carbocycles. The van der Waals surface area contributed by atoms with E-state index in [1.807, 2.05) is 0 Å². The summed E-state index contributed by atoms with van der Waals surface area (Å²) in [5, 5.41) is 23.4. The molecule has 29 heavy (non-hydrogen) atoms. The third-order valence-electron chi connectivity index (χ3n) is 4.09. The third kappa shape index (κ3) is 5.53. The predicted molar refractivity (Wildman–Crippen MR) is 104 cm³/mol. The average molecular weight is 453 g/mol. The molecule has 6 nitrogen and oxygen atoms in total. The Morgan fingerprint density at radius 1 is 1.03 bits per heavy atom. The van der Waals surface area contributed by atoms with Gasteiger partial charge in [0.05, 0.1) is 33.7 Å². The summed E-state index contributed by atoms with van der Waals surface area (Å²) in [5.41, 5.74) is -2.29. The van der Waals surface area contributed by atoms with E-state index in [1.54, 1.807) is 12.1 Å². The third-order valence-corrected chi connectivity index (χ3v) is 6.17. The largest absolute Gasteiger partial charge is 0.418 e. The minimum absolute atomic E-state index is 0.00355. The molecule has 0 aromatic heterocycles. The van der Waals surface area contributed by atoms with Crippen LogP contribution in [0.25, 0.3) is 0 Å². The minimum atomic E-state index is -4.84. The second-order valence-electron chi connectivity index (χ2n) is 6.45. The summed E-state index contributed by atoms with van der Waals surface area (Å²) in [6.07, 6.45) is -4.84. The van der Waals surface area contributed by atoms with Crippen LogP contribution in [0.2, 0.25) is 5.02 Å². The van der Waals surface area contributed by atoms with Crippen molar-refractivity contribution in [3.05, 3.63) is 47.5 Å². The van der Waals surface area contributed by atoms with E-state index >= 15 is 0 Å². The van der Waals surface area contributed by atoms with Crippen molar-refractivity contribution in [3.63, 3.8) is 0 Å². The first kappa shape index (κ1) is 23.3. The van der Waals surface area contributed by atoms with Gasteiger partial charge in [-0.1, -0.05) is 11.6 Å². The van der Waals surface area contributed by atoms with Gasteiger partial charge in [-0.3, -0.25) is 0 Å². The maximum atomic E-state index is 12.7. The highest BCUT2D eigenvalue weighted by atomic mass is 35.5. The van der Waals surface area contributed by atoms with Gasteiger partial charge < -0.3 is 20.8 Å². The number of rotatable bonds is 8. The fourth-order valence-corrected chi connectivity index (χ4v) is 3.86. The fourth-order valence-electron chi connectivity index (χ4n) is 2.26. The van der Waals surface area contributed by atoms with Gasteiger partial charge in [0, 0.05) is 12.2 Å². The Bertz CT molecular complexity index is 949. The number of benzene rings is 2. The zero-order chi connectivity index (χ0) is 21.9.